The summed E-state index contributed by atoms with van der Waals surface area (Å²) in [4.78, 5) is 0. The zero-order valence-corrected chi connectivity index (χ0v) is 8.49. The second kappa shape index (κ2) is 4.73. The van der Waals surface area contributed by atoms with Crippen LogP contribution in [0.25, 0.3) is 0 Å². The first-order valence-electron chi connectivity index (χ1n) is 4.47. The molecule has 0 saturated carbocycles. The molecule has 1 atom stereocenters. The summed E-state index contributed by atoms with van der Waals surface area (Å²) in [7, 11) is 1.97. The van der Waals surface area contributed by atoms with E-state index in [0.717, 1.165) is 0 Å². The van der Waals surface area contributed by atoms with Crippen molar-refractivity contribution in [1.29, 1.82) is 0 Å². The van der Waals surface area contributed by atoms with Crippen molar-refractivity contribution in [2.45, 2.75) is 52.2 Å². The molecule has 2 N–H and O–H groups in total. The van der Waals surface area contributed by atoms with Gasteiger partial charge in [-0.2, -0.15) is 0 Å². The van der Waals surface area contributed by atoms with E-state index < -0.39 is 0 Å². The first kappa shape index (κ1) is 10.9. The Labute approximate surface area is 70.8 Å². The minimum Gasteiger partial charge on any atom is -0.305 e. The van der Waals surface area contributed by atoms with Crippen LogP contribution in [0.4, 0.5) is 0 Å². The van der Waals surface area contributed by atoms with Gasteiger partial charge in [0.05, 0.1) is 6.17 Å². The zero-order chi connectivity index (χ0) is 8.91. The van der Waals surface area contributed by atoms with Gasteiger partial charge < -0.3 is 5.32 Å². The lowest BCUT2D eigenvalue weighted by atomic mass is 9.99. The molecule has 0 heterocycles. The molecular formula is C9H22N2. The van der Waals surface area contributed by atoms with Gasteiger partial charge >= 0.3 is 0 Å². The molecule has 0 aromatic carbocycles. The van der Waals surface area contributed by atoms with Crippen molar-refractivity contribution < 1.29 is 0 Å². The van der Waals surface area contributed by atoms with Crippen LogP contribution in [0.2, 0.25) is 0 Å². The average Bonchev–Trinajstić information content (AvgIpc) is 1.86. The maximum Gasteiger partial charge on any atom is 0.0544 e. The molecule has 0 bridgehead atoms. The summed E-state index contributed by atoms with van der Waals surface area (Å²) in [5.74, 6) is 0. The lowest BCUT2D eigenvalue weighted by molar-refractivity contribution is 0.302. The first-order chi connectivity index (χ1) is 5.02. The summed E-state index contributed by atoms with van der Waals surface area (Å²) in [6.07, 6.45) is 2.85. The van der Waals surface area contributed by atoms with Gasteiger partial charge in [-0.3, -0.25) is 5.32 Å². The highest BCUT2D eigenvalue weighted by molar-refractivity contribution is 4.78. The molecule has 11 heavy (non-hydrogen) atoms. The van der Waals surface area contributed by atoms with Crippen molar-refractivity contribution in [3.8, 4) is 0 Å². The fraction of sp³-hybridized carbons (Fsp3) is 1.00. The zero-order valence-electron chi connectivity index (χ0n) is 8.49. The van der Waals surface area contributed by atoms with Gasteiger partial charge in [-0.1, -0.05) is 13.3 Å². The molecule has 0 rings (SSSR count). The van der Waals surface area contributed by atoms with Gasteiger partial charge in [0.25, 0.3) is 0 Å². The highest BCUT2D eigenvalue weighted by atomic mass is 15.1. The maximum atomic E-state index is 3.50. The third-order valence-electron chi connectivity index (χ3n) is 1.92. The maximum absolute atomic E-state index is 3.50. The van der Waals surface area contributed by atoms with Crippen molar-refractivity contribution in [3.63, 3.8) is 0 Å². The Morgan fingerprint density at radius 2 is 1.91 bits per heavy atom. The summed E-state index contributed by atoms with van der Waals surface area (Å²) >= 11 is 0. The Bertz CT molecular complexity index is 99.7. The van der Waals surface area contributed by atoms with Gasteiger partial charge in [0.2, 0.25) is 0 Å². The highest BCUT2D eigenvalue weighted by Gasteiger charge is 2.17. The van der Waals surface area contributed by atoms with Crippen LogP contribution in [-0.4, -0.2) is 18.8 Å². The fourth-order valence-corrected chi connectivity index (χ4v) is 1.36. The van der Waals surface area contributed by atoms with E-state index in [9.17, 15) is 0 Å². The predicted octanol–water partition coefficient (Wildman–Crippen LogP) is 1.72. The van der Waals surface area contributed by atoms with Gasteiger partial charge in [-0.05, 0) is 34.2 Å². The molecule has 0 aliphatic carbocycles. The monoisotopic (exact) mass is 158 g/mol. The molecule has 0 radical (unpaired) electrons. The van der Waals surface area contributed by atoms with Gasteiger partial charge in [0, 0.05) is 5.54 Å². The minimum absolute atomic E-state index is 0.261. The largest absolute Gasteiger partial charge is 0.305 e. The SMILES string of the molecule is CCCC(C)(C)N[C@H](C)NC. The lowest BCUT2D eigenvalue weighted by Gasteiger charge is -2.29. The molecule has 0 aliphatic rings. The summed E-state index contributed by atoms with van der Waals surface area (Å²) in [6.45, 7) is 8.83. The second-order valence-electron chi connectivity index (χ2n) is 3.79. The van der Waals surface area contributed by atoms with Crippen molar-refractivity contribution in [1.82, 2.24) is 10.6 Å². The Morgan fingerprint density at radius 1 is 1.36 bits per heavy atom. The van der Waals surface area contributed by atoms with Crippen LogP contribution in [0.3, 0.4) is 0 Å². The Hall–Kier alpha value is -0.0800. The van der Waals surface area contributed by atoms with Gasteiger partial charge in [0.15, 0.2) is 0 Å². The Kier molecular flexibility index (Phi) is 4.69. The Morgan fingerprint density at radius 3 is 2.27 bits per heavy atom. The molecule has 68 valence electrons. The quantitative estimate of drug-likeness (QED) is 0.595. The van der Waals surface area contributed by atoms with Crippen LogP contribution < -0.4 is 10.6 Å². The van der Waals surface area contributed by atoms with E-state index in [1.165, 1.54) is 12.8 Å². The van der Waals surface area contributed by atoms with Crippen molar-refractivity contribution in [3.05, 3.63) is 0 Å². The molecule has 0 fully saturated rings. The van der Waals surface area contributed by atoms with Crippen molar-refractivity contribution >= 4 is 0 Å². The van der Waals surface area contributed by atoms with E-state index in [2.05, 4.69) is 38.3 Å². The number of hydrogen-bond donors (Lipinski definition) is 2. The van der Waals surface area contributed by atoms with Crippen molar-refractivity contribution in [2.24, 2.45) is 0 Å². The highest BCUT2D eigenvalue weighted by Crippen LogP contribution is 2.10. The molecule has 0 spiro atoms. The Balaban J connectivity index is 3.70. The van der Waals surface area contributed by atoms with E-state index in [1.54, 1.807) is 0 Å². The van der Waals surface area contributed by atoms with Crippen LogP contribution >= 0.6 is 0 Å². The van der Waals surface area contributed by atoms with E-state index in [4.69, 9.17) is 0 Å². The molecule has 2 nitrogen and oxygen atoms in total. The standard InChI is InChI=1S/C9H22N2/c1-6-7-9(3,4)11-8(2)10-5/h8,10-11H,6-7H2,1-5H3/t8-/m1/s1. The molecule has 0 aromatic heterocycles. The van der Waals surface area contributed by atoms with Crippen molar-refractivity contribution in [2.75, 3.05) is 7.05 Å². The molecule has 0 saturated heterocycles. The smallest absolute Gasteiger partial charge is 0.0544 e. The molecular weight excluding hydrogens is 136 g/mol. The number of rotatable bonds is 5. The lowest BCUT2D eigenvalue weighted by Crippen LogP contribution is -2.49. The molecule has 0 amide bonds. The minimum atomic E-state index is 0.261. The molecule has 0 aliphatic heterocycles. The van der Waals surface area contributed by atoms with E-state index >= 15 is 0 Å². The number of nitrogens with one attached hydrogen (secondary N) is 2. The molecule has 2 heteroatoms. The summed E-state index contributed by atoms with van der Waals surface area (Å²) in [5, 5.41) is 6.66. The normalized spacial score (nSPS) is 15.0. The van der Waals surface area contributed by atoms with Gasteiger partial charge in [-0.25, -0.2) is 0 Å². The second-order valence-corrected chi connectivity index (χ2v) is 3.79. The van der Waals surface area contributed by atoms with Crippen LogP contribution in [0.15, 0.2) is 0 Å². The van der Waals surface area contributed by atoms with Gasteiger partial charge in [-0.15, -0.1) is 0 Å². The van der Waals surface area contributed by atoms with E-state index in [1.807, 2.05) is 7.05 Å². The van der Waals surface area contributed by atoms with Crippen LogP contribution in [-0.2, 0) is 0 Å². The third-order valence-corrected chi connectivity index (χ3v) is 1.92. The van der Waals surface area contributed by atoms with E-state index in [0.29, 0.717) is 6.17 Å². The summed E-state index contributed by atoms with van der Waals surface area (Å²) in [5.41, 5.74) is 0.261. The van der Waals surface area contributed by atoms with Gasteiger partial charge in [0.1, 0.15) is 0 Å². The van der Waals surface area contributed by atoms with E-state index in [-0.39, 0.29) is 5.54 Å². The summed E-state index contributed by atoms with van der Waals surface area (Å²) < 4.78 is 0. The average molecular weight is 158 g/mol. The first-order valence-corrected chi connectivity index (χ1v) is 4.47. The topological polar surface area (TPSA) is 24.1 Å². The van der Waals surface area contributed by atoms with Crippen LogP contribution in [0.1, 0.15) is 40.5 Å². The third kappa shape index (κ3) is 5.22. The fourth-order valence-electron chi connectivity index (χ4n) is 1.36. The molecule has 0 aromatic rings. The predicted molar refractivity (Wildman–Crippen MR) is 50.6 cm³/mol. The van der Waals surface area contributed by atoms with Crippen LogP contribution in [0.5, 0.6) is 0 Å². The summed E-state index contributed by atoms with van der Waals surface area (Å²) in [6, 6.07) is 0. The number of hydrogen-bond acceptors (Lipinski definition) is 2. The molecule has 0 unspecified atom stereocenters. The van der Waals surface area contributed by atoms with Crippen LogP contribution in [0, 0.1) is 0 Å².